The molecular weight excluding hydrogens is 256 g/mol. The predicted octanol–water partition coefficient (Wildman–Crippen LogP) is 2.55. The van der Waals surface area contributed by atoms with E-state index in [4.69, 9.17) is 9.47 Å². The lowest BCUT2D eigenvalue weighted by molar-refractivity contribution is 0.235. The zero-order valence-corrected chi connectivity index (χ0v) is 12.9. The maximum Gasteiger partial charge on any atom is 0.315 e. The second kappa shape index (κ2) is 7.03. The van der Waals surface area contributed by atoms with Gasteiger partial charge in [0.05, 0.1) is 14.2 Å². The van der Waals surface area contributed by atoms with Crippen LogP contribution < -0.4 is 20.1 Å². The summed E-state index contributed by atoms with van der Waals surface area (Å²) in [6, 6.07) is 5.40. The van der Waals surface area contributed by atoms with Crippen LogP contribution in [0.1, 0.15) is 26.3 Å². The molecule has 0 aromatic heterocycles. The number of carbonyl (C=O) groups is 1. The third-order valence-electron chi connectivity index (χ3n) is 2.68. The van der Waals surface area contributed by atoms with E-state index in [0.29, 0.717) is 24.6 Å². The molecule has 2 N–H and O–H groups in total. The molecule has 0 bridgehead atoms. The Morgan fingerprint density at radius 1 is 1.10 bits per heavy atom. The molecule has 5 nitrogen and oxygen atoms in total. The van der Waals surface area contributed by atoms with Crippen molar-refractivity contribution in [3.8, 4) is 11.5 Å². The fourth-order valence-electron chi connectivity index (χ4n) is 1.58. The number of amides is 2. The van der Waals surface area contributed by atoms with Crippen LogP contribution in [-0.4, -0.2) is 26.8 Å². The molecule has 1 aromatic rings. The third-order valence-corrected chi connectivity index (χ3v) is 2.68. The molecule has 0 saturated carbocycles. The monoisotopic (exact) mass is 280 g/mol. The minimum Gasteiger partial charge on any atom is -0.493 e. The Hall–Kier alpha value is -1.91. The minimum absolute atomic E-state index is 0.0701. The summed E-state index contributed by atoms with van der Waals surface area (Å²) in [5, 5.41) is 5.65. The Kier molecular flexibility index (Phi) is 5.67. The van der Waals surface area contributed by atoms with Crippen molar-refractivity contribution in [2.24, 2.45) is 5.41 Å². The van der Waals surface area contributed by atoms with Crippen molar-refractivity contribution < 1.29 is 14.3 Å². The number of urea groups is 1. The van der Waals surface area contributed by atoms with Crippen molar-refractivity contribution in [2.45, 2.75) is 27.3 Å². The van der Waals surface area contributed by atoms with Crippen LogP contribution in [-0.2, 0) is 6.54 Å². The second-order valence-electron chi connectivity index (χ2n) is 5.79. The molecular formula is C15H24N2O3. The van der Waals surface area contributed by atoms with Gasteiger partial charge in [-0.3, -0.25) is 0 Å². The summed E-state index contributed by atoms with van der Waals surface area (Å²) in [7, 11) is 3.18. The first-order valence-electron chi connectivity index (χ1n) is 6.58. The Morgan fingerprint density at radius 3 is 2.30 bits per heavy atom. The summed E-state index contributed by atoms with van der Waals surface area (Å²) in [6.45, 7) is 7.28. The average molecular weight is 280 g/mol. The zero-order chi connectivity index (χ0) is 15.2. The van der Waals surface area contributed by atoms with E-state index >= 15 is 0 Å². The molecule has 5 heteroatoms. The van der Waals surface area contributed by atoms with Crippen LogP contribution in [0.25, 0.3) is 0 Å². The highest BCUT2D eigenvalue weighted by atomic mass is 16.5. The summed E-state index contributed by atoms with van der Waals surface area (Å²) in [6.07, 6.45) is 0. The van der Waals surface area contributed by atoms with Crippen molar-refractivity contribution in [1.29, 1.82) is 0 Å². The molecule has 0 unspecified atom stereocenters. The number of hydrogen-bond acceptors (Lipinski definition) is 3. The molecule has 20 heavy (non-hydrogen) atoms. The van der Waals surface area contributed by atoms with Gasteiger partial charge < -0.3 is 20.1 Å². The van der Waals surface area contributed by atoms with Crippen LogP contribution in [0.5, 0.6) is 11.5 Å². The standard InChI is InChI=1S/C15H24N2O3/c1-15(2,3)10-17-14(18)16-9-11-6-7-12(19-4)13(8-11)20-5/h6-8H,9-10H2,1-5H3,(H2,16,17,18). The molecule has 0 fully saturated rings. The number of nitrogens with one attached hydrogen (secondary N) is 2. The van der Waals surface area contributed by atoms with Crippen LogP contribution in [0.4, 0.5) is 4.79 Å². The van der Waals surface area contributed by atoms with E-state index in [-0.39, 0.29) is 11.4 Å². The highest BCUT2D eigenvalue weighted by Crippen LogP contribution is 2.27. The van der Waals surface area contributed by atoms with Gasteiger partial charge in [0.2, 0.25) is 0 Å². The van der Waals surface area contributed by atoms with Crippen LogP contribution in [0.15, 0.2) is 18.2 Å². The Labute approximate surface area is 120 Å². The Balaban J connectivity index is 2.51. The first-order chi connectivity index (χ1) is 9.35. The molecule has 0 atom stereocenters. The molecule has 0 saturated heterocycles. The molecule has 0 aliphatic carbocycles. The van der Waals surface area contributed by atoms with Gasteiger partial charge in [-0.05, 0) is 23.1 Å². The van der Waals surface area contributed by atoms with Crippen molar-refractivity contribution >= 4 is 6.03 Å². The highest BCUT2D eigenvalue weighted by Gasteiger charge is 2.11. The predicted molar refractivity (Wildman–Crippen MR) is 79.2 cm³/mol. The van der Waals surface area contributed by atoms with E-state index < -0.39 is 0 Å². The lowest BCUT2D eigenvalue weighted by Crippen LogP contribution is -2.39. The molecule has 0 spiro atoms. The quantitative estimate of drug-likeness (QED) is 0.871. The first kappa shape index (κ1) is 16.1. The number of carbonyl (C=O) groups excluding carboxylic acids is 1. The molecule has 0 aliphatic heterocycles. The van der Waals surface area contributed by atoms with E-state index in [1.54, 1.807) is 14.2 Å². The Bertz CT molecular complexity index is 453. The SMILES string of the molecule is COc1ccc(CNC(=O)NCC(C)(C)C)cc1OC. The summed E-state index contributed by atoms with van der Waals surface area (Å²) in [5.41, 5.74) is 1.02. The van der Waals surface area contributed by atoms with Gasteiger partial charge in [-0.2, -0.15) is 0 Å². The molecule has 1 aromatic carbocycles. The minimum atomic E-state index is -0.172. The number of hydrogen-bond donors (Lipinski definition) is 2. The van der Waals surface area contributed by atoms with Gasteiger partial charge in [0.1, 0.15) is 0 Å². The van der Waals surface area contributed by atoms with Crippen LogP contribution in [0.3, 0.4) is 0 Å². The normalized spacial score (nSPS) is 10.8. The van der Waals surface area contributed by atoms with Gasteiger partial charge in [0.15, 0.2) is 11.5 Å². The molecule has 1 rings (SSSR count). The number of methoxy groups -OCH3 is 2. The highest BCUT2D eigenvalue weighted by molar-refractivity contribution is 5.73. The van der Waals surface area contributed by atoms with E-state index in [9.17, 15) is 4.79 Å². The molecule has 0 heterocycles. The number of rotatable bonds is 5. The third kappa shape index (κ3) is 5.38. The van der Waals surface area contributed by atoms with Crippen molar-refractivity contribution in [3.05, 3.63) is 23.8 Å². The lowest BCUT2D eigenvalue weighted by Gasteiger charge is -2.19. The molecule has 2 amide bonds. The van der Waals surface area contributed by atoms with Crippen LogP contribution in [0, 0.1) is 5.41 Å². The zero-order valence-electron chi connectivity index (χ0n) is 12.9. The van der Waals surface area contributed by atoms with Gasteiger partial charge in [-0.1, -0.05) is 26.8 Å². The van der Waals surface area contributed by atoms with Gasteiger partial charge in [-0.15, -0.1) is 0 Å². The van der Waals surface area contributed by atoms with Crippen LogP contribution >= 0.6 is 0 Å². The van der Waals surface area contributed by atoms with E-state index in [0.717, 1.165) is 5.56 Å². The van der Waals surface area contributed by atoms with Gasteiger partial charge >= 0.3 is 6.03 Å². The summed E-state index contributed by atoms with van der Waals surface area (Å²) in [5.74, 6) is 1.33. The molecule has 0 aliphatic rings. The summed E-state index contributed by atoms with van der Waals surface area (Å²) >= 11 is 0. The van der Waals surface area contributed by atoms with Crippen molar-refractivity contribution in [3.63, 3.8) is 0 Å². The van der Waals surface area contributed by atoms with Gasteiger partial charge in [-0.25, -0.2) is 4.79 Å². The van der Waals surface area contributed by atoms with E-state index in [1.807, 2.05) is 18.2 Å². The maximum absolute atomic E-state index is 11.7. The average Bonchev–Trinajstić information content (AvgIpc) is 2.41. The van der Waals surface area contributed by atoms with E-state index in [1.165, 1.54) is 0 Å². The van der Waals surface area contributed by atoms with Crippen LogP contribution in [0.2, 0.25) is 0 Å². The number of ether oxygens (including phenoxy) is 2. The smallest absolute Gasteiger partial charge is 0.315 e. The number of benzene rings is 1. The summed E-state index contributed by atoms with van der Waals surface area (Å²) < 4.78 is 10.4. The Morgan fingerprint density at radius 2 is 1.75 bits per heavy atom. The summed E-state index contributed by atoms with van der Waals surface area (Å²) in [4.78, 5) is 11.7. The topological polar surface area (TPSA) is 59.6 Å². The molecule has 112 valence electrons. The first-order valence-corrected chi connectivity index (χ1v) is 6.58. The van der Waals surface area contributed by atoms with Crippen molar-refractivity contribution in [1.82, 2.24) is 10.6 Å². The van der Waals surface area contributed by atoms with Crippen molar-refractivity contribution in [2.75, 3.05) is 20.8 Å². The lowest BCUT2D eigenvalue weighted by atomic mass is 9.97. The van der Waals surface area contributed by atoms with E-state index in [2.05, 4.69) is 31.4 Å². The fourth-order valence-corrected chi connectivity index (χ4v) is 1.58. The fraction of sp³-hybridized carbons (Fsp3) is 0.533. The molecule has 0 radical (unpaired) electrons. The maximum atomic E-state index is 11.7. The second-order valence-corrected chi connectivity index (χ2v) is 5.79. The van der Waals surface area contributed by atoms with Gasteiger partial charge in [0.25, 0.3) is 0 Å². The van der Waals surface area contributed by atoms with Gasteiger partial charge in [0, 0.05) is 13.1 Å². The largest absolute Gasteiger partial charge is 0.493 e.